The molecule has 2 N–H and O–H groups in total. The quantitative estimate of drug-likeness (QED) is 0.817. The van der Waals surface area contributed by atoms with Gasteiger partial charge in [-0.3, -0.25) is 0 Å². The number of furan rings is 1. The Morgan fingerprint density at radius 3 is 2.47 bits per heavy atom. The number of nitrogens with one attached hydrogen (secondary N) is 1. The van der Waals surface area contributed by atoms with Gasteiger partial charge in [0.2, 0.25) is 15.8 Å². The van der Waals surface area contributed by atoms with Crippen LogP contribution >= 0.6 is 15.9 Å². The Hall–Kier alpha value is -0.860. The molecule has 0 saturated carbocycles. The summed E-state index contributed by atoms with van der Waals surface area (Å²) in [5.41, 5.74) is 0. The lowest BCUT2D eigenvalue weighted by atomic mass is 9.99. The van der Waals surface area contributed by atoms with Crippen molar-refractivity contribution in [2.24, 2.45) is 11.8 Å². The van der Waals surface area contributed by atoms with E-state index in [1.807, 2.05) is 20.8 Å². The van der Waals surface area contributed by atoms with Gasteiger partial charge in [0, 0.05) is 12.6 Å². The van der Waals surface area contributed by atoms with Crippen molar-refractivity contribution < 1.29 is 22.7 Å². The summed E-state index contributed by atoms with van der Waals surface area (Å²) >= 11 is 2.91. The first-order valence-electron chi connectivity index (χ1n) is 5.67. The van der Waals surface area contributed by atoms with Crippen molar-refractivity contribution in [1.29, 1.82) is 0 Å². The highest BCUT2D eigenvalue weighted by Crippen LogP contribution is 2.26. The maximum absolute atomic E-state index is 12.0. The molecule has 19 heavy (non-hydrogen) atoms. The summed E-state index contributed by atoms with van der Waals surface area (Å²) in [4.78, 5) is 10.5. The highest BCUT2D eigenvalue weighted by atomic mass is 79.9. The lowest BCUT2D eigenvalue weighted by molar-refractivity contribution is 0.0661. The summed E-state index contributed by atoms with van der Waals surface area (Å²) < 4.78 is 31.2. The minimum absolute atomic E-state index is 0.116. The summed E-state index contributed by atoms with van der Waals surface area (Å²) in [5.74, 6) is -1.24. The van der Waals surface area contributed by atoms with Crippen molar-refractivity contribution in [3.8, 4) is 0 Å². The van der Waals surface area contributed by atoms with Crippen LogP contribution in [0.25, 0.3) is 0 Å². The maximum atomic E-state index is 12.0. The van der Waals surface area contributed by atoms with E-state index in [0.29, 0.717) is 5.92 Å². The molecule has 0 spiro atoms. The summed E-state index contributed by atoms with van der Waals surface area (Å²) in [5, 5.41) is 8.75. The van der Waals surface area contributed by atoms with Crippen LogP contribution in [0.15, 0.2) is 20.0 Å². The average molecular weight is 354 g/mol. The molecule has 0 fully saturated rings. The van der Waals surface area contributed by atoms with Crippen LogP contribution in [-0.2, 0) is 10.0 Å². The molecule has 0 radical (unpaired) electrons. The number of sulfonamides is 1. The Balaban J connectivity index is 2.92. The Kier molecular flexibility index (Phi) is 5.17. The van der Waals surface area contributed by atoms with Gasteiger partial charge in [-0.15, -0.1) is 0 Å². The van der Waals surface area contributed by atoms with Crippen LogP contribution in [-0.4, -0.2) is 26.0 Å². The molecule has 1 atom stereocenters. The second kappa shape index (κ2) is 6.06. The zero-order valence-corrected chi connectivity index (χ0v) is 13.2. The van der Waals surface area contributed by atoms with Crippen LogP contribution in [0, 0.1) is 11.8 Å². The maximum Gasteiger partial charge on any atom is 0.371 e. The number of hydrogen-bond donors (Lipinski definition) is 2. The van der Waals surface area contributed by atoms with Gasteiger partial charge in [-0.2, -0.15) is 0 Å². The van der Waals surface area contributed by atoms with E-state index >= 15 is 0 Å². The number of carboxylic acid groups (broad SMARTS) is 1. The minimum Gasteiger partial charge on any atom is -0.475 e. The Morgan fingerprint density at radius 1 is 1.47 bits per heavy atom. The lowest BCUT2D eigenvalue weighted by Gasteiger charge is -2.15. The molecule has 1 rings (SSSR count). The van der Waals surface area contributed by atoms with Gasteiger partial charge in [0.25, 0.3) is 0 Å². The van der Waals surface area contributed by atoms with E-state index in [1.54, 1.807) is 0 Å². The normalized spacial score (nSPS) is 13.7. The molecule has 1 heterocycles. The van der Waals surface area contributed by atoms with E-state index in [-0.39, 0.29) is 22.0 Å². The molecule has 0 aromatic carbocycles. The zero-order valence-electron chi connectivity index (χ0n) is 10.8. The van der Waals surface area contributed by atoms with Crippen LogP contribution in [0.5, 0.6) is 0 Å². The number of carbonyl (C=O) groups is 1. The van der Waals surface area contributed by atoms with Gasteiger partial charge in [-0.05, 0) is 27.8 Å². The number of rotatable bonds is 6. The third-order valence-corrected chi connectivity index (χ3v) is 5.17. The molecular weight excluding hydrogens is 338 g/mol. The van der Waals surface area contributed by atoms with Crippen LogP contribution < -0.4 is 4.72 Å². The van der Waals surface area contributed by atoms with Gasteiger partial charge in [0.1, 0.15) is 4.90 Å². The smallest absolute Gasteiger partial charge is 0.371 e. The van der Waals surface area contributed by atoms with Gasteiger partial charge >= 0.3 is 5.97 Å². The minimum atomic E-state index is -3.79. The SMILES string of the molecule is CC(C)C(C)CNS(=O)(=O)c1cc(C(=O)O)oc1Br. The molecule has 0 amide bonds. The van der Waals surface area contributed by atoms with Crippen LogP contribution in [0.2, 0.25) is 0 Å². The first kappa shape index (κ1) is 16.2. The fourth-order valence-corrected chi connectivity index (χ4v) is 3.28. The molecule has 0 bridgehead atoms. The van der Waals surface area contributed by atoms with Crippen molar-refractivity contribution in [3.63, 3.8) is 0 Å². The largest absolute Gasteiger partial charge is 0.475 e. The molecule has 0 saturated heterocycles. The van der Waals surface area contributed by atoms with E-state index in [2.05, 4.69) is 20.7 Å². The molecule has 0 aliphatic heterocycles. The first-order chi connectivity index (χ1) is 8.65. The summed E-state index contributed by atoms with van der Waals surface area (Å²) in [6, 6.07) is 0.981. The van der Waals surface area contributed by atoms with Crippen molar-refractivity contribution >= 4 is 31.9 Å². The standard InChI is InChI=1S/C11H16BrNO5S/c1-6(2)7(3)5-13-19(16,17)9-4-8(11(14)15)18-10(9)12/h4,6-7,13H,5H2,1-3H3,(H,14,15). The number of halogens is 1. The molecule has 6 nitrogen and oxygen atoms in total. The van der Waals surface area contributed by atoms with Crippen molar-refractivity contribution in [1.82, 2.24) is 4.72 Å². The number of carboxylic acids is 1. The van der Waals surface area contributed by atoms with Crippen molar-refractivity contribution in [2.75, 3.05) is 6.54 Å². The second-order valence-corrected chi connectivity index (χ2v) is 7.08. The topological polar surface area (TPSA) is 96.6 Å². The van der Waals surface area contributed by atoms with Gasteiger partial charge in [-0.25, -0.2) is 17.9 Å². The molecular formula is C11H16BrNO5S. The number of aromatic carboxylic acids is 1. The predicted octanol–water partition coefficient (Wildman–Crippen LogP) is 2.31. The molecule has 1 unspecified atom stereocenters. The Morgan fingerprint density at radius 2 is 2.05 bits per heavy atom. The zero-order chi connectivity index (χ0) is 14.8. The van der Waals surface area contributed by atoms with E-state index in [0.717, 1.165) is 6.07 Å². The predicted molar refractivity (Wildman–Crippen MR) is 72.6 cm³/mol. The Bertz CT molecular complexity index is 564. The second-order valence-electron chi connectivity index (χ2n) is 4.63. The molecule has 1 aromatic heterocycles. The van der Waals surface area contributed by atoms with E-state index in [4.69, 9.17) is 9.52 Å². The third kappa shape index (κ3) is 4.05. The van der Waals surface area contributed by atoms with E-state index in [9.17, 15) is 13.2 Å². The molecule has 0 aliphatic carbocycles. The monoisotopic (exact) mass is 353 g/mol. The summed E-state index contributed by atoms with van der Waals surface area (Å²) in [7, 11) is -3.79. The molecule has 0 aliphatic rings. The average Bonchev–Trinajstić information content (AvgIpc) is 2.69. The molecule has 8 heteroatoms. The van der Waals surface area contributed by atoms with Crippen molar-refractivity contribution in [2.45, 2.75) is 25.7 Å². The highest BCUT2D eigenvalue weighted by Gasteiger charge is 2.25. The van der Waals surface area contributed by atoms with Gasteiger partial charge in [0.15, 0.2) is 4.67 Å². The number of hydrogen-bond acceptors (Lipinski definition) is 4. The first-order valence-corrected chi connectivity index (χ1v) is 7.95. The highest BCUT2D eigenvalue weighted by molar-refractivity contribution is 9.10. The summed E-state index contributed by atoms with van der Waals surface area (Å²) in [6.45, 7) is 6.20. The lowest BCUT2D eigenvalue weighted by Crippen LogP contribution is -2.30. The fraction of sp³-hybridized carbons (Fsp3) is 0.545. The van der Waals surface area contributed by atoms with Gasteiger partial charge in [-0.1, -0.05) is 20.8 Å². The Labute approximate surface area is 120 Å². The van der Waals surface area contributed by atoms with Crippen LogP contribution in [0.1, 0.15) is 31.3 Å². The van der Waals surface area contributed by atoms with Gasteiger partial charge in [0.05, 0.1) is 0 Å². The van der Waals surface area contributed by atoms with Gasteiger partial charge < -0.3 is 9.52 Å². The van der Waals surface area contributed by atoms with E-state index in [1.165, 1.54) is 0 Å². The molecule has 108 valence electrons. The fourth-order valence-electron chi connectivity index (χ4n) is 1.20. The van der Waals surface area contributed by atoms with E-state index < -0.39 is 21.8 Å². The van der Waals surface area contributed by atoms with Crippen LogP contribution in [0.4, 0.5) is 0 Å². The third-order valence-electron chi connectivity index (χ3n) is 2.89. The van der Waals surface area contributed by atoms with Crippen molar-refractivity contribution in [3.05, 3.63) is 16.5 Å². The molecule has 1 aromatic rings. The summed E-state index contributed by atoms with van der Waals surface area (Å²) in [6.07, 6.45) is 0. The van der Waals surface area contributed by atoms with Crippen LogP contribution in [0.3, 0.4) is 0 Å².